The lowest BCUT2D eigenvalue weighted by Gasteiger charge is -2.09. The summed E-state index contributed by atoms with van der Waals surface area (Å²) >= 11 is 3.53. The van der Waals surface area contributed by atoms with Crippen molar-refractivity contribution >= 4 is 12.6 Å². The molecule has 0 rings (SSSR count). The van der Waals surface area contributed by atoms with Gasteiger partial charge in [0, 0.05) is 11.4 Å². The molecule has 0 aliphatic rings. The third-order valence-electron chi connectivity index (χ3n) is 1.49. The summed E-state index contributed by atoms with van der Waals surface area (Å²) < 4.78 is 0. The fourth-order valence-electron chi connectivity index (χ4n) is 0.784. The molecule has 88 valence electrons. The van der Waals surface area contributed by atoms with Crippen LogP contribution in [0.3, 0.4) is 0 Å². The molecule has 0 aliphatic heterocycles. The highest BCUT2D eigenvalue weighted by Crippen LogP contribution is 2.06. The van der Waals surface area contributed by atoms with E-state index < -0.39 is 0 Å². The van der Waals surface area contributed by atoms with Crippen LogP contribution in [0.2, 0.25) is 0 Å². The second-order valence-electron chi connectivity index (χ2n) is 2.58. The SMILES string of the molecule is C=C.C=C(C)NC(=C/C)/C(C)=C\C.CS. The predicted molar refractivity (Wildman–Crippen MR) is 77.3 cm³/mol. The van der Waals surface area contributed by atoms with Crippen LogP contribution in [0.4, 0.5) is 0 Å². The maximum Gasteiger partial charge on any atom is 0.0364 e. The summed E-state index contributed by atoms with van der Waals surface area (Å²) in [6.45, 7) is 17.8. The fourth-order valence-corrected chi connectivity index (χ4v) is 0.784. The Kier molecular flexibility index (Phi) is 20.4. The summed E-state index contributed by atoms with van der Waals surface area (Å²) in [5, 5.41) is 3.18. The first kappa shape index (κ1) is 19.6. The Hall–Kier alpha value is -0.890. The minimum atomic E-state index is 0.972. The van der Waals surface area contributed by atoms with Crippen molar-refractivity contribution in [2.45, 2.75) is 27.7 Å². The molecule has 0 spiro atoms. The third kappa shape index (κ3) is 13.1. The molecule has 0 atom stereocenters. The van der Waals surface area contributed by atoms with Crippen LogP contribution in [-0.2, 0) is 0 Å². The van der Waals surface area contributed by atoms with Gasteiger partial charge in [0.2, 0.25) is 0 Å². The zero-order valence-electron chi connectivity index (χ0n) is 10.7. The average molecular weight is 227 g/mol. The third-order valence-corrected chi connectivity index (χ3v) is 1.49. The molecule has 2 heteroatoms. The van der Waals surface area contributed by atoms with Gasteiger partial charge in [-0.25, -0.2) is 0 Å². The molecule has 0 saturated heterocycles. The first-order chi connectivity index (χ1) is 7.11. The van der Waals surface area contributed by atoms with E-state index in [4.69, 9.17) is 0 Å². The number of allylic oxidation sites excluding steroid dienone is 4. The summed E-state index contributed by atoms with van der Waals surface area (Å²) in [6.07, 6.45) is 5.81. The number of hydrogen-bond acceptors (Lipinski definition) is 2. The van der Waals surface area contributed by atoms with Gasteiger partial charge in [-0.05, 0) is 39.5 Å². The molecule has 0 fully saturated rings. The van der Waals surface area contributed by atoms with Crippen molar-refractivity contribution in [3.63, 3.8) is 0 Å². The summed E-state index contributed by atoms with van der Waals surface area (Å²) in [6, 6.07) is 0. The Balaban J connectivity index is -0.000000318. The second kappa shape index (κ2) is 15.6. The van der Waals surface area contributed by atoms with Crippen LogP contribution in [0.1, 0.15) is 27.7 Å². The fraction of sp³-hybridized carbons (Fsp3) is 0.385. The molecular weight excluding hydrogens is 202 g/mol. The largest absolute Gasteiger partial charge is 0.360 e. The Morgan fingerprint density at radius 3 is 1.67 bits per heavy atom. The van der Waals surface area contributed by atoms with E-state index in [0.29, 0.717) is 0 Å². The maximum absolute atomic E-state index is 3.78. The Labute approximate surface area is 101 Å². The zero-order valence-corrected chi connectivity index (χ0v) is 11.6. The normalized spacial score (nSPS) is 10.3. The molecule has 0 saturated carbocycles. The lowest BCUT2D eigenvalue weighted by atomic mass is 10.2. The zero-order chi connectivity index (χ0) is 12.9. The molecule has 1 N–H and O–H groups in total. The highest BCUT2D eigenvalue weighted by Gasteiger charge is 1.94. The molecule has 0 amide bonds. The number of nitrogens with one attached hydrogen (secondary N) is 1. The van der Waals surface area contributed by atoms with E-state index in [2.05, 4.69) is 50.7 Å². The van der Waals surface area contributed by atoms with Crippen molar-refractivity contribution in [1.82, 2.24) is 5.32 Å². The van der Waals surface area contributed by atoms with Crippen LogP contribution in [0.25, 0.3) is 0 Å². The molecule has 0 bridgehead atoms. The van der Waals surface area contributed by atoms with Gasteiger partial charge in [-0.3, -0.25) is 0 Å². The molecule has 0 aromatic heterocycles. The number of thiol groups is 1. The summed E-state index contributed by atoms with van der Waals surface area (Å²) in [5.74, 6) is 0. The van der Waals surface area contributed by atoms with Gasteiger partial charge in [-0.1, -0.05) is 18.7 Å². The van der Waals surface area contributed by atoms with Crippen molar-refractivity contribution in [2.24, 2.45) is 0 Å². The Morgan fingerprint density at radius 2 is 1.47 bits per heavy atom. The van der Waals surface area contributed by atoms with Gasteiger partial charge in [0.25, 0.3) is 0 Å². The Morgan fingerprint density at radius 1 is 1.07 bits per heavy atom. The van der Waals surface area contributed by atoms with Crippen LogP contribution in [0.5, 0.6) is 0 Å². The molecule has 15 heavy (non-hydrogen) atoms. The van der Waals surface area contributed by atoms with E-state index in [9.17, 15) is 0 Å². The molecule has 0 aliphatic carbocycles. The van der Waals surface area contributed by atoms with Gasteiger partial charge < -0.3 is 5.32 Å². The summed E-state index contributed by atoms with van der Waals surface area (Å²) in [5.41, 5.74) is 3.36. The highest BCUT2D eigenvalue weighted by atomic mass is 32.1. The molecule has 0 unspecified atom stereocenters. The first-order valence-corrected chi connectivity index (χ1v) is 5.68. The second-order valence-corrected chi connectivity index (χ2v) is 2.58. The quantitative estimate of drug-likeness (QED) is 0.415. The molecule has 1 nitrogen and oxygen atoms in total. The molecule has 0 aromatic rings. The van der Waals surface area contributed by atoms with Crippen LogP contribution in [-0.4, -0.2) is 6.26 Å². The number of rotatable bonds is 3. The number of hydrogen-bond donors (Lipinski definition) is 2. The van der Waals surface area contributed by atoms with Crippen LogP contribution in [0.15, 0.2) is 48.9 Å². The van der Waals surface area contributed by atoms with Gasteiger partial charge in [-0.2, -0.15) is 12.6 Å². The van der Waals surface area contributed by atoms with Crippen molar-refractivity contribution < 1.29 is 0 Å². The van der Waals surface area contributed by atoms with Crippen LogP contribution in [0, 0.1) is 0 Å². The smallest absolute Gasteiger partial charge is 0.0364 e. The van der Waals surface area contributed by atoms with Crippen LogP contribution < -0.4 is 5.32 Å². The minimum absolute atomic E-state index is 0.972. The van der Waals surface area contributed by atoms with E-state index in [-0.39, 0.29) is 0 Å². The van der Waals surface area contributed by atoms with E-state index in [1.54, 1.807) is 6.26 Å². The van der Waals surface area contributed by atoms with Gasteiger partial charge >= 0.3 is 0 Å². The standard InChI is InChI=1S/C10H17N.C2H4.CH4S/c1-6-9(5)10(7-2)11-8(3)4;2*1-2/h6-7,11H,3H2,1-2,4-5H3;1-2H2;2H,1H3/b9-6-,10-7+;;. The van der Waals surface area contributed by atoms with Crippen molar-refractivity contribution in [1.29, 1.82) is 0 Å². The monoisotopic (exact) mass is 227 g/mol. The molecule has 0 heterocycles. The van der Waals surface area contributed by atoms with Crippen molar-refractivity contribution in [3.05, 3.63) is 48.9 Å². The lowest BCUT2D eigenvalue weighted by molar-refractivity contribution is 0.976. The van der Waals surface area contributed by atoms with E-state index in [1.807, 2.05) is 26.8 Å². The molecule has 0 aromatic carbocycles. The van der Waals surface area contributed by atoms with Gasteiger partial charge in [0.1, 0.15) is 0 Å². The summed E-state index contributed by atoms with van der Waals surface area (Å²) in [7, 11) is 0. The maximum atomic E-state index is 3.78. The van der Waals surface area contributed by atoms with Gasteiger partial charge in [0.05, 0.1) is 0 Å². The Bertz CT molecular complexity index is 215. The average Bonchev–Trinajstić information content (AvgIpc) is 2.30. The van der Waals surface area contributed by atoms with E-state index >= 15 is 0 Å². The van der Waals surface area contributed by atoms with Crippen molar-refractivity contribution in [2.75, 3.05) is 6.26 Å². The minimum Gasteiger partial charge on any atom is -0.360 e. The highest BCUT2D eigenvalue weighted by molar-refractivity contribution is 7.79. The van der Waals surface area contributed by atoms with E-state index in [1.165, 1.54) is 5.57 Å². The predicted octanol–water partition coefficient (Wildman–Crippen LogP) is 4.33. The van der Waals surface area contributed by atoms with Gasteiger partial charge in [-0.15, -0.1) is 13.2 Å². The first-order valence-electron chi connectivity index (χ1n) is 4.78. The molecular formula is C13H25NS. The van der Waals surface area contributed by atoms with E-state index in [0.717, 1.165) is 11.4 Å². The van der Waals surface area contributed by atoms with Crippen molar-refractivity contribution in [3.8, 4) is 0 Å². The summed E-state index contributed by atoms with van der Waals surface area (Å²) in [4.78, 5) is 0. The van der Waals surface area contributed by atoms with Crippen LogP contribution >= 0.6 is 12.6 Å². The molecule has 0 radical (unpaired) electrons. The van der Waals surface area contributed by atoms with Gasteiger partial charge in [0.15, 0.2) is 0 Å². The lowest BCUT2D eigenvalue weighted by Crippen LogP contribution is -2.10. The topological polar surface area (TPSA) is 12.0 Å².